The van der Waals surface area contributed by atoms with Crippen LogP contribution in [0.3, 0.4) is 0 Å². The van der Waals surface area contributed by atoms with Gasteiger partial charge in [-0.05, 0) is 25.0 Å². The Kier molecular flexibility index (Phi) is 3.91. The molecule has 1 aromatic rings. The third kappa shape index (κ3) is 3.15. The van der Waals surface area contributed by atoms with E-state index in [1.54, 1.807) is 18.2 Å². The first-order valence-electron chi connectivity index (χ1n) is 5.89. The maximum Gasteiger partial charge on any atom is 0.301 e. The maximum absolute atomic E-state index is 12.1. The number of benzene rings is 1. The van der Waals surface area contributed by atoms with Crippen LogP contribution in [0.1, 0.15) is 18.4 Å². The first kappa shape index (κ1) is 13.6. The minimum atomic E-state index is -3.52. The normalized spacial score (nSPS) is 17.6. The van der Waals surface area contributed by atoms with Crippen LogP contribution >= 0.6 is 0 Å². The standard InChI is InChI=1S/C11H16N4O3S/c12-11(13-16)9-4-3-5-10(8-9)14-19(17,18)15-6-1-2-7-15/h3-5,8,14,16H,1-2,6-7H2,(H2,12,13). The fraction of sp³-hybridized carbons (Fsp3) is 0.364. The van der Waals surface area contributed by atoms with E-state index in [-0.39, 0.29) is 5.84 Å². The lowest BCUT2D eigenvalue weighted by Crippen LogP contribution is -2.33. The van der Waals surface area contributed by atoms with Crippen molar-refractivity contribution >= 4 is 21.7 Å². The average molecular weight is 284 g/mol. The zero-order valence-electron chi connectivity index (χ0n) is 10.3. The van der Waals surface area contributed by atoms with Gasteiger partial charge in [-0.15, -0.1) is 0 Å². The van der Waals surface area contributed by atoms with Gasteiger partial charge in [0.05, 0.1) is 5.69 Å². The van der Waals surface area contributed by atoms with Crippen molar-refractivity contribution in [1.29, 1.82) is 0 Å². The Labute approximate surface area is 111 Å². The van der Waals surface area contributed by atoms with Crippen LogP contribution in [-0.4, -0.2) is 36.9 Å². The fourth-order valence-electron chi connectivity index (χ4n) is 1.94. The third-order valence-electron chi connectivity index (χ3n) is 2.92. The van der Waals surface area contributed by atoms with E-state index in [1.807, 2.05) is 0 Å². The molecule has 1 saturated heterocycles. The number of anilines is 1. The predicted octanol–water partition coefficient (Wildman–Crippen LogP) is 0.534. The first-order valence-corrected chi connectivity index (χ1v) is 7.33. The predicted molar refractivity (Wildman–Crippen MR) is 72.3 cm³/mol. The summed E-state index contributed by atoms with van der Waals surface area (Å²) >= 11 is 0. The highest BCUT2D eigenvalue weighted by Crippen LogP contribution is 2.17. The van der Waals surface area contributed by atoms with Gasteiger partial charge in [0.1, 0.15) is 0 Å². The average Bonchev–Trinajstić information content (AvgIpc) is 2.92. The molecule has 0 atom stereocenters. The molecule has 0 aromatic heterocycles. The molecule has 8 heteroatoms. The molecule has 0 aliphatic carbocycles. The number of hydrogen-bond donors (Lipinski definition) is 3. The summed E-state index contributed by atoms with van der Waals surface area (Å²) in [4.78, 5) is 0. The van der Waals surface area contributed by atoms with Crippen LogP contribution in [0.15, 0.2) is 29.4 Å². The molecule has 1 fully saturated rings. The molecule has 1 aromatic carbocycles. The smallest absolute Gasteiger partial charge is 0.301 e. The van der Waals surface area contributed by atoms with Gasteiger partial charge in [0.25, 0.3) is 0 Å². The van der Waals surface area contributed by atoms with Crippen molar-refractivity contribution in [2.24, 2.45) is 10.9 Å². The highest BCUT2D eigenvalue weighted by molar-refractivity contribution is 7.90. The van der Waals surface area contributed by atoms with Crippen LogP contribution in [0.25, 0.3) is 0 Å². The van der Waals surface area contributed by atoms with Crippen molar-refractivity contribution in [2.75, 3.05) is 17.8 Å². The van der Waals surface area contributed by atoms with Crippen LogP contribution in [0, 0.1) is 0 Å². The maximum atomic E-state index is 12.1. The number of nitrogens with zero attached hydrogens (tertiary/aromatic N) is 2. The molecule has 19 heavy (non-hydrogen) atoms. The molecule has 104 valence electrons. The minimum Gasteiger partial charge on any atom is -0.409 e. The summed E-state index contributed by atoms with van der Waals surface area (Å²) in [7, 11) is -3.52. The highest BCUT2D eigenvalue weighted by Gasteiger charge is 2.25. The summed E-state index contributed by atoms with van der Waals surface area (Å²) in [6.45, 7) is 1.07. The second kappa shape index (κ2) is 5.45. The summed E-state index contributed by atoms with van der Waals surface area (Å²) in [5, 5.41) is 11.5. The molecule has 1 heterocycles. The molecule has 0 spiro atoms. The van der Waals surface area contributed by atoms with Gasteiger partial charge in [-0.1, -0.05) is 17.3 Å². The van der Waals surface area contributed by atoms with E-state index >= 15 is 0 Å². The van der Waals surface area contributed by atoms with E-state index in [0.717, 1.165) is 12.8 Å². The molecule has 0 unspecified atom stereocenters. The van der Waals surface area contributed by atoms with Gasteiger partial charge in [0.2, 0.25) is 0 Å². The number of nitrogens with one attached hydrogen (secondary N) is 1. The summed E-state index contributed by atoms with van der Waals surface area (Å²) in [5.74, 6) is -0.0674. The molecule has 2 rings (SSSR count). The molecule has 7 nitrogen and oxygen atoms in total. The third-order valence-corrected chi connectivity index (χ3v) is 4.46. The molecular formula is C11H16N4O3S. The second-order valence-corrected chi connectivity index (χ2v) is 5.95. The lowest BCUT2D eigenvalue weighted by molar-refractivity contribution is 0.318. The number of oxime groups is 1. The van der Waals surface area contributed by atoms with E-state index in [4.69, 9.17) is 10.9 Å². The SMILES string of the molecule is N/C(=N/O)c1cccc(NS(=O)(=O)N2CCCC2)c1. The van der Waals surface area contributed by atoms with E-state index in [1.165, 1.54) is 10.4 Å². The monoisotopic (exact) mass is 284 g/mol. The fourth-order valence-corrected chi connectivity index (χ4v) is 3.23. The second-order valence-electron chi connectivity index (χ2n) is 4.28. The molecule has 4 N–H and O–H groups in total. The lowest BCUT2D eigenvalue weighted by Gasteiger charge is -2.17. The molecule has 0 amide bonds. The van der Waals surface area contributed by atoms with Crippen LogP contribution in [0.2, 0.25) is 0 Å². The van der Waals surface area contributed by atoms with Gasteiger partial charge in [-0.3, -0.25) is 4.72 Å². The Morgan fingerprint density at radius 2 is 2.05 bits per heavy atom. The first-order chi connectivity index (χ1) is 9.03. The molecule has 0 bridgehead atoms. The topological polar surface area (TPSA) is 108 Å². The highest BCUT2D eigenvalue weighted by atomic mass is 32.2. The zero-order valence-corrected chi connectivity index (χ0v) is 11.1. The van der Waals surface area contributed by atoms with E-state index < -0.39 is 10.2 Å². The van der Waals surface area contributed by atoms with Crippen molar-refractivity contribution < 1.29 is 13.6 Å². The van der Waals surface area contributed by atoms with Gasteiger partial charge in [-0.25, -0.2) is 0 Å². The van der Waals surface area contributed by atoms with Crippen molar-refractivity contribution in [3.05, 3.63) is 29.8 Å². The molecule has 0 radical (unpaired) electrons. The summed E-state index contributed by atoms with van der Waals surface area (Å²) in [6.07, 6.45) is 1.76. The quantitative estimate of drug-likeness (QED) is 0.324. The number of rotatable bonds is 4. The molecule has 0 saturated carbocycles. The van der Waals surface area contributed by atoms with Gasteiger partial charge in [0.15, 0.2) is 5.84 Å². The number of nitrogens with two attached hydrogens (primary N) is 1. The van der Waals surface area contributed by atoms with Crippen molar-refractivity contribution in [2.45, 2.75) is 12.8 Å². The summed E-state index contributed by atoms with van der Waals surface area (Å²) in [6, 6.07) is 6.39. The largest absolute Gasteiger partial charge is 0.409 e. The van der Waals surface area contributed by atoms with E-state index in [9.17, 15) is 8.42 Å². The molecule has 1 aliphatic heterocycles. The van der Waals surface area contributed by atoms with Crippen LogP contribution < -0.4 is 10.5 Å². The van der Waals surface area contributed by atoms with Gasteiger partial charge in [0, 0.05) is 18.7 Å². The summed E-state index contributed by atoms with van der Waals surface area (Å²) < 4.78 is 28.0. The Bertz CT molecular complexity index is 579. The Hall–Kier alpha value is -1.80. The summed E-state index contributed by atoms with van der Waals surface area (Å²) in [5.41, 5.74) is 6.29. The van der Waals surface area contributed by atoms with Crippen LogP contribution in [0.4, 0.5) is 5.69 Å². The van der Waals surface area contributed by atoms with Gasteiger partial charge >= 0.3 is 10.2 Å². The van der Waals surface area contributed by atoms with Gasteiger partial charge < -0.3 is 10.9 Å². The van der Waals surface area contributed by atoms with E-state index in [0.29, 0.717) is 24.3 Å². The number of amidine groups is 1. The molecular weight excluding hydrogens is 268 g/mol. The number of hydrogen-bond acceptors (Lipinski definition) is 4. The minimum absolute atomic E-state index is 0.0674. The van der Waals surface area contributed by atoms with Crippen molar-refractivity contribution in [3.8, 4) is 0 Å². The Morgan fingerprint density at radius 3 is 2.68 bits per heavy atom. The lowest BCUT2D eigenvalue weighted by atomic mass is 10.2. The zero-order chi connectivity index (χ0) is 13.9. The van der Waals surface area contributed by atoms with Crippen LogP contribution in [0.5, 0.6) is 0 Å². The Morgan fingerprint density at radius 1 is 1.37 bits per heavy atom. The van der Waals surface area contributed by atoms with Crippen molar-refractivity contribution in [3.63, 3.8) is 0 Å². The van der Waals surface area contributed by atoms with Crippen molar-refractivity contribution in [1.82, 2.24) is 4.31 Å². The van der Waals surface area contributed by atoms with Gasteiger partial charge in [-0.2, -0.15) is 12.7 Å². The van der Waals surface area contributed by atoms with E-state index in [2.05, 4.69) is 9.88 Å². The van der Waals surface area contributed by atoms with Crippen LogP contribution in [-0.2, 0) is 10.2 Å². The molecule has 1 aliphatic rings. The Balaban J connectivity index is 2.19.